The molecule has 1 aromatic rings. The lowest BCUT2D eigenvalue weighted by molar-refractivity contribution is 0.217. The van der Waals surface area contributed by atoms with Gasteiger partial charge in [-0.2, -0.15) is 0 Å². The van der Waals surface area contributed by atoms with Crippen molar-refractivity contribution in [1.82, 2.24) is 4.90 Å². The number of nitrogens with two attached hydrogens (primary N) is 1. The van der Waals surface area contributed by atoms with Crippen LogP contribution < -0.4 is 11.1 Å². The van der Waals surface area contributed by atoms with Crippen LogP contribution in [0.25, 0.3) is 0 Å². The van der Waals surface area contributed by atoms with E-state index < -0.39 is 0 Å². The Labute approximate surface area is 114 Å². The fraction of sp³-hybridized carbons (Fsp3) is 0.571. The van der Waals surface area contributed by atoms with Crippen LogP contribution >= 0.6 is 11.6 Å². The van der Waals surface area contributed by atoms with E-state index >= 15 is 0 Å². The maximum atomic E-state index is 6.06. The zero-order valence-corrected chi connectivity index (χ0v) is 11.9. The lowest BCUT2D eigenvalue weighted by atomic mass is 9.98. The molecule has 100 valence electrons. The van der Waals surface area contributed by atoms with Crippen LogP contribution in [-0.4, -0.2) is 31.6 Å². The van der Waals surface area contributed by atoms with Gasteiger partial charge < -0.3 is 16.0 Å². The van der Waals surface area contributed by atoms with Gasteiger partial charge in [-0.15, -0.1) is 0 Å². The van der Waals surface area contributed by atoms with Crippen molar-refractivity contribution >= 4 is 23.0 Å². The smallest absolute Gasteiger partial charge is 0.0656 e. The summed E-state index contributed by atoms with van der Waals surface area (Å²) in [5, 5.41) is 4.13. The lowest BCUT2D eigenvalue weighted by Crippen LogP contribution is -2.35. The molecule has 0 aromatic heterocycles. The molecule has 1 saturated heterocycles. The van der Waals surface area contributed by atoms with Crippen LogP contribution in [0.3, 0.4) is 0 Å². The van der Waals surface area contributed by atoms with Crippen LogP contribution in [0.5, 0.6) is 0 Å². The summed E-state index contributed by atoms with van der Waals surface area (Å²) in [6.45, 7) is 5.46. The highest BCUT2D eigenvalue weighted by Gasteiger charge is 2.17. The van der Waals surface area contributed by atoms with Gasteiger partial charge in [0.25, 0.3) is 0 Å². The minimum absolute atomic E-state index is 0.629. The predicted octanol–water partition coefficient (Wildman–Crippen LogP) is 2.98. The number of nitrogens with one attached hydrogen (secondary N) is 1. The van der Waals surface area contributed by atoms with Crippen LogP contribution in [0.2, 0.25) is 5.02 Å². The number of likely N-dealkylation sites (tertiary alicyclic amines) is 1. The highest BCUT2D eigenvalue weighted by Crippen LogP contribution is 2.27. The molecule has 1 aromatic carbocycles. The maximum Gasteiger partial charge on any atom is 0.0656 e. The van der Waals surface area contributed by atoms with Gasteiger partial charge in [-0.3, -0.25) is 0 Å². The Balaban J connectivity index is 1.95. The molecule has 0 spiro atoms. The highest BCUT2D eigenvalue weighted by molar-refractivity contribution is 6.33. The number of nitrogens with zero attached hydrogens (tertiary/aromatic N) is 1. The molecule has 0 bridgehead atoms. The minimum atomic E-state index is 0.629. The second kappa shape index (κ2) is 5.81. The maximum absolute atomic E-state index is 6.06. The zero-order valence-electron chi connectivity index (χ0n) is 11.2. The molecule has 1 unspecified atom stereocenters. The van der Waals surface area contributed by atoms with E-state index in [9.17, 15) is 0 Å². The van der Waals surface area contributed by atoms with Gasteiger partial charge >= 0.3 is 0 Å². The second-order valence-electron chi connectivity index (χ2n) is 5.34. The number of benzene rings is 1. The summed E-state index contributed by atoms with van der Waals surface area (Å²) in [5.74, 6) is 0.722. The van der Waals surface area contributed by atoms with Gasteiger partial charge in [0.1, 0.15) is 0 Å². The van der Waals surface area contributed by atoms with Crippen molar-refractivity contribution in [2.75, 3.05) is 37.7 Å². The molecule has 3 nitrogen and oxygen atoms in total. The molecule has 1 fully saturated rings. The third-order valence-corrected chi connectivity index (χ3v) is 3.97. The van der Waals surface area contributed by atoms with Crippen LogP contribution in [0.4, 0.5) is 11.4 Å². The molecule has 1 atom stereocenters. The van der Waals surface area contributed by atoms with Gasteiger partial charge in [-0.1, -0.05) is 11.6 Å². The van der Waals surface area contributed by atoms with Crippen molar-refractivity contribution in [1.29, 1.82) is 0 Å². The Bertz CT molecular complexity index is 420. The van der Waals surface area contributed by atoms with Gasteiger partial charge in [0.05, 0.1) is 10.7 Å². The standard InChI is InChI=1S/C14H22ClN3/c1-10-6-13(16)12(15)7-14(10)17-8-11-4-3-5-18(2)9-11/h6-7,11,17H,3-5,8-9,16H2,1-2H3. The molecule has 0 amide bonds. The summed E-state index contributed by atoms with van der Waals surface area (Å²) in [5.41, 5.74) is 8.68. The first kappa shape index (κ1) is 13.5. The van der Waals surface area contributed by atoms with Crippen molar-refractivity contribution in [3.05, 3.63) is 22.7 Å². The molecule has 1 aliphatic rings. The van der Waals surface area contributed by atoms with Crippen molar-refractivity contribution in [3.8, 4) is 0 Å². The van der Waals surface area contributed by atoms with Gasteiger partial charge in [0.15, 0.2) is 0 Å². The molecular weight excluding hydrogens is 246 g/mol. The third kappa shape index (κ3) is 3.30. The summed E-state index contributed by atoms with van der Waals surface area (Å²) in [6.07, 6.45) is 2.60. The van der Waals surface area contributed by atoms with Gasteiger partial charge in [-0.25, -0.2) is 0 Å². The van der Waals surface area contributed by atoms with E-state index in [-0.39, 0.29) is 0 Å². The van der Waals surface area contributed by atoms with E-state index in [1.54, 1.807) is 0 Å². The number of hydrogen-bond donors (Lipinski definition) is 2. The van der Waals surface area contributed by atoms with E-state index in [2.05, 4.69) is 24.2 Å². The molecule has 0 radical (unpaired) electrons. The average Bonchev–Trinajstić information content (AvgIpc) is 2.32. The fourth-order valence-electron chi connectivity index (χ4n) is 2.59. The van der Waals surface area contributed by atoms with Crippen LogP contribution in [0.15, 0.2) is 12.1 Å². The Morgan fingerprint density at radius 3 is 3.00 bits per heavy atom. The first-order valence-corrected chi connectivity index (χ1v) is 6.92. The number of piperidine rings is 1. The first-order valence-electron chi connectivity index (χ1n) is 6.54. The monoisotopic (exact) mass is 267 g/mol. The molecule has 18 heavy (non-hydrogen) atoms. The quantitative estimate of drug-likeness (QED) is 0.828. The molecule has 1 heterocycles. The topological polar surface area (TPSA) is 41.3 Å². The van der Waals surface area contributed by atoms with Crippen LogP contribution in [0, 0.1) is 12.8 Å². The highest BCUT2D eigenvalue weighted by atomic mass is 35.5. The number of halogens is 1. The SMILES string of the molecule is Cc1cc(N)c(Cl)cc1NCC1CCCN(C)C1. The van der Waals surface area contributed by atoms with E-state index in [1.165, 1.54) is 25.9 Å². The number of anilines is 2. The van der Waals surface area contributed by atoms with E-state index in [4.69, 9.17) is 17.3 Å². The number of nitrogen functional groups attached to an aromatic ring is 1. The molecule has 0 aliphatic carbocycles. The Morgan fingerprint density at radius 2 is 2.28 bits per heavy atom. The first-order chi connectivity index (χ1) is 8.56. The Kier molecular flexibility index (Phi) is 4.36. The van der Waals surface area contributed by atoms with Crippen LogP contribution in [-0.2, 0) is 0 Å². The molecule has 0 saturated carbocycles. The molecule has 3 N–H and O–H groups in total. The Morgan fingerprint density at radius 1 is 1.50 bits per heavy atom. The van der Waals surface area contributed by atoms with Gasteiger partial charge in [0.2, 0.25) is 0 Å². The Hall–Kier alpha value is -0.930. The number of hydrogen-bond acceptors (Lipinski definition) is 3. The molecule has 2 rings (SSSR count). The number of aryl methyl sites for hydroxylation is 1. The molecule has 1 aliphatic heterocycles. The molecular formula is C14H22ClN3. The largest absolute Gasteiger partial charge is 0.398 e. The second-order valence-corrected chi connectivity index (χ2v) is 5.75. The summed E-state index contributed by atoms with van der Waals surface area (Å²) < 4.78 is 0. The zero-order chi connectivity index (χ0) is 13.1. The molecule has 4 heteroatoms. The van der Waals surface area contributed by atoms with Crippen molar-refractivity contribution < 1.29 is 0 Å². The van der Waals surface area contributed by atoms with E-state index in [0.29, 0.717) is 10.7 Å². The van der Waals surface area contributed by atoms with Crippen LogP contribution in [0.1, 0.15) is 18.4 Å². The number of rotatable bonds is 3. The van der Waals surface area contributed by atoms with Crippen molar-refractivity contribution in [2.24, 2.45) is 5.92 Å². The summed E-state index contributed by atoms with van der Waals surface area (Å²) in [4.78, 5) is 2.40. The van der Waals surface area contributed by atoms with Crippen molar-refractivity contribution in [2.45, 2.75) is 19.8 Å². The summed E-state index contributed by atoms with van der Waals surface area (Å²) in [6, 6.07) is 3.86. The van der Waals surface area contributed by atoms with Gasteiger partial charge in [-0.05, 0) is 57.0 Å². The summed E-state index contributed by atoms with van der Waals surface area (Å²) in [7, 11) is 2.19. The normalized spacial score (nSPS) is 20.9. The van der Waals surface area contributed by atoms with E-state index in [0.717, 1.165) is 23.7 Å². The predicted molar refractivity (Wildman–Crippen MR) is 79.3 cm³/mol. The van der Waals surface area contributed by atoms with E-state index in [1.807, 2.05) is 12.1 Å². The van der Waals surface area contributed by atoms with Crippen molar-refractivity contribution in [3.63, 3.8) is 0 Å². The average molecular weight is 268 g/mol. The third-order valence-electron chi connectivity index (χ3n) is 3.65. The minimum Gasteiger partial charge on any atom is -0.398 e. The summed E-state index contributed by atoms with van der Waals surface area (Å²) >= 11 is 6.06. The fourth-order valence-corrected chi connectivity index (χ4v) is 2.75. The van der Waals surface area contributed by atoms with Gasteiger partial charge in [0, 0.05) is 18.8 Å². The lowest BCUT2D eigenvalue weighted by Gasteiger charge is -2.30.